The van der Waals surface area contributed by atoms with E-state index in [0.29, 0.717) is 24.7 Å². The Bertz CT molecular complexity index is 1220. The Labute approximate surface area is 268 Å². The third-order valence-electron chi connectivity index (χ3n) is 15.3. The molecule has 1 heterocycles. The SMILES string of the molecule is CC1(C)CC[C@@]2(C(=O)N[C@H]3OC(CO)[C@H](O)[C@@H](O)C3O)C(C1)C1=CCC3[C@@]4(C)CC[C@H](O)C(C)(C)C4CC[C@@]3(C)[C@]1(C)C[C@H]2O. The van der Waals surface area contributed by atoms with Gasteiger partial charge in [0.05, 0.1) is 24.2 Å². The molecule has 256 valence electrons. The third-order valence-corrected chi connectivity index (χ3v) is 15.3. The van der Waals surface area contributed by atoms with Crippen LogP contribution in [-0.2, 0) is 9.53 Å². The van der Waals surface area contributed by atoms with Crippen LogP contribution in [0, 0.1) is 50.2 Å². The summed E-state index contributed by atoms with van der Waals surface area (Å²) in [6.07, 6.45) is 1.21. The lowest BCUT2D eigenvalue weighted by molar-refractivity contribution is -0.240. The minimum absolute atomic E-state index is 0.0404. The van der Waals surface area contributed by atoms with Crippen molar-refractivity contribution in [3.8, 4) is 0 Å². The molecular weight excluding hydrogens is 574 g/mol. The molecule has 1 saturated heterocycles. The molecule has 0 radical (unpaired) electrons. The van der Waals surface area contributed by atoms with Crippen molar-refractivity contribution in [1.29, 1.82) is 0 Å². The second-order valence-electron chi connectivity index (χ2n) is 18.1. The molecule has 14 atom stereocenters. The van der Waals surface area contributed by atoms with E-state index in [9.17, 15) is 35.4 Å². The molecule has 0 spiro atoms. The van der Waals surface area contributed by atoms with Crippen LogP contribution in [0.25, 0.3) is 0 Å². The molecule has 0 bridgehead atoms. The predicted molar refractivity (Wildman–Crippen MR) is 168 cm³/mol. The number of allylic oxidation sites excluding steroid dienone is 2. The highest BCUT2D eigenvalue weighted by Crippen LogP contribution is 2.75. The summed E-state index contributed by atoms with van der Waals surface area (Å²) in [5, 5.41) is 67.4. The Morgan fingerprint density at radius 2 is 1.53 bits per heavy atom. The molecule has 0 aromatic carbocycles. The molecule has 0 aromatic rings. The number of aliphatic hydroxyl groups excluding tert-OH is 6. The number of carbonyl (C=O) groups excluding carboxylic acids is 1. The summed E-state index contributed by atoms with van der Waals surface area (Å²) < 4.78 is 5.69. The highest BCUT2D eigenvalue weighted by Gasteiger charge is 2.71. The Morgan fingerprint density at radius 1 is 0.844 bits per heavy atom. The van der Waals surface area contributed by atoms with E-state index in [1.807, 2.05) is 0 Å². The molecule has 5 unspecified atom stereocenters. The fourth-order valence-electron chi connectivity index (χ4n) is 12.2. The van der Waals surface area contributed by atoms with E-state index in [-0.39, 0.29) is 39.1 Å². The minimum Gasteiger partial charge on any atom is -0.394 e. The van der Waals surface area contributed by atoms with Gasteiger partial charge in [0.1, 0.15) is 24.4 Å². The first kappa shape index (κ1) is 33.8. The van der Waals surface area contributed by atoms with Crippen molar-refractivity contribution >= 4 is 5.91 Å². The predicted octanol–water partition coefficient (Wildman–Crippen LogP) is 3.04. The van der Waals surface area contributed by atoms with Crippen LogP contribution in [0.5, 0.6) is 0 Å². The Kier molecular flexibility index (Phi) is 8.05. The first-order valence-electron chi connectivity index (χ1n) is 17.5. The number of rotatable bonds is 3. The lowest BCUT2D eigenvalue weighted by Crippen LogP contribution is -2.70. The molecule has 7 N–H and O–H groups in total. The molecule has 9 nitrogen and oxygen atoms in total. The summed E-state index contributed by atoms with van der Waals surface area (Å²) in [6.45, 7) is 15.6. The number of nitrogens with one attached hydrogen (secondary N) is 1. The smallest absolute Gasteiger partial charge is 0.231 e. The van der Waals surface area contributed by atoms with Crippen molar-refractivity contribution in [1.82, 2.24) is 5.32 Å². The molecule has 6 rings (SSSR count). The van der Waals surface area contributed by atoms with Crippen molar-refractivity contribution in [3.05, 3.63) is 11.6 Å². The van der Waals surface area contributed by atoms with Crippen molar-refractivity contribution in [2.45, 2.75) is 149 Å². The van der Waals surface area contributed by atoms with Crippen LogP contribution in [-0.4, -0.2) is 86.0 Å². The molecule has 9 heteroatoms. The van der Waals surface area contributed by atoms with Crippen LogP contribution in [0.3, 0.4) is 0 Å². The summed E-state index contributed by atoms with van der Waals surface area (Å²) in [6, 6.07) is 0. The lowest BCUT2D eigenvalue weighted by atomic mass is 9.33. The highest BCUT2D eigenvalue weighted by molar-refractivity contribution is 5.85. The third kappa shape index (κ3) is 4.54. The molecule has 6 aliphatic rings. The van der Waals surface area contributed by atoms with Gasteiger partial charge in [-0.3, -0.25) is 4.79 Å². The summed E-state index contributed by atoms with van der Waals surface area (Å²) in [4.78, 5) is 14.5. The van der Waals surface area contributed by atoms with Crippen LogP contribution in [0.2, 0.25) is 0 Å². The molecule has 4 saturated carbocycles. The van der Waals surface area contributed by atoms with E-state index in [1.54, 1.807) is 0 Å². The van der Waals surface area contributed by atoms with Gasteiger partial charge in [-0.15, -0.1) is 0 Å². The number of ether oxygens (including phenoxy) is 1. The van der Waals surface area contributed by atoms with Crippen LogP contribution < -0.4 is 5.32 Å². The normalized spacial score (nSPS) is 53.6. The second-order valence-corrected chi connectivity index (χ2v) is 18.1. The quantitative estimate of drug-likeness (QED) is 0.234. The standard InChI is InChI=1S/C36H59NO8/c1-31(2)14-15-36(30(44)37-29-28(43)27(42)26(41)21(18-38)45-29)20(16-31)19-8-9-23-33(5)12-11-24(39)32(3,4)22(33)10-13-34(23,6)35(19,7)17-25(36)40/h8,20-29,38-43H,9-18H2,1-7H3,(H,37,44)/t20?,21?,22?,23?,24-,25+,26-,27+,28?,29-,33-,34+,35+,36+/m0/s1. The maximum absolute atomic E-state index is 14.5. The van der Waals surface area contributed by atoms with Gasteiger partial charge in [-0.25, -0.2) is 0 Å². The molecule has 45 heavy (non-hydrogen) atoms. The van der Waals surface area contributed by atoms with E-state index in [1.165, 1.54) is 5.57 Å². The maximum Gasteiger partial charge on any atom is 0.231 e. The maximum atomic E-state index is 14.5. The van der Waals surface area contributed by atoms with Gasteiger partial charge in [-0.1, -0.05) is 60.1 Å². The second kappa shape index (κ2) is 10.7. The van der Waals surface area contributed by atoms with Gasteiger partial charge >= 0.3 is 0 Å². The largest absolute Gasteiger partial charge is 0.394 e. The molecule has 5 fully saturated rings. The van der Waals surface area contributed by atoms with Gasteiger partial charge in [0.2, 0.25) is 5.91 Å². The van der Waals surface area contributed by atoms with Gasteiger partial charge in [0.15, 0.2) is 6.23 Å². The fourth-order valence-corrected chi connectivity index (χ4v) is 12.2. The Hall–Kier alpha value is -1.07. The fraction of sp³-hybridized carbons (Fsp3) is 0.917. The first-order chi connectivity index (χ1) is 20.8. The number of aliphatic hydroxyl groups is 6. The van der Waals surface area contributed by atoms with Gasteiger partial charge in [-0.2, -0.15) is 0 Å². The van der Waals surface area contributed by atoms with E-state index in [4.69, 9.17) is 4.74 Å². The number of amides is 1. The first-order valence-corrected chi connectivity index (χ1v) is 17.5. The summed E-state index contributed by atoms with van der Waals surface area (Å²) in [5.41, 5.74) is -0.413. The van der Waals surface area contributed by atoms with Gasteiger partial charge < -0.3 is 40.7 Å². The Balaban J connectivity index is 1.38. The average Bonchev–Trinajstić information content (AvgIpc) is 2.95. The van der Waals surface area contributed by atoms with Crippen molar-refractivity contribution in [2.75, 3.05) is 6.61 Å². The summed E-state index contributed by atoms with van der Waals surface area (Å²) in [5.74, 6) is 0.181. The van der Waals surface area contributed by atoms with E-state index < -0.39 is 54.7 Å². The van der Waals surface area contributed by atoms with Crippen LogP contribution in [0.4, 0.5) is 0 Å². The summed E-state index contributed by atoms with van der Waals surface area (Å²) in [7, 11) is 0. The van der Waals surface area contributed by atoms with E-state index in [2.05, 4.69) is 59.9 Å². The molecular formula is C36H59NO8. The Morgan fingerprint density at radius 3 is 2.20 bits per heavy atom. The monoisotopic (exact) mass is 633 g/mol. The number of hydrogen-bond donors (Lipinski definition) is 7. The minimum atomic E-state index is -1.60. The molecule has 1 amide bonds. The van der Waals surface area contributed by atoms with Gasteiger partial charge in [0.25, 0.3) is 0 Å². The molecule has 1 aliphatic heterocycles. The van der Waals surface area contributed by atoms with Crippen molar-refractivity contribution in [3.63, 3.8) is 0 Å². The summed E-state index contributed by atoms with van der Waals surface area (Å²) >= 11 is 0. The van der Waals surface area contributed by atoms with E-state index >= 15 is 0 Å². The van der Waals surface area contributed by atoms with Gasteiger partial charge in [-0.05, 0) is 103 Å². The average molecular weight is 634 g/mol. The zero-order valence-corrected chi connectivity index (χ0v) is 28.4. The van der Waals surface area contributed by atoms with Crippen LogP contribution in [0.15, 0.2) is 11.6 Å². The lowest BCUT2D eigenvalue weighted by Gasteiger charge is -2.71. The highest BCUT2D eigenvalue weighted by atomic mass is 16.6. The zero-order chi connectivity index (χ0) is 33.1. The topological polar surface area (TPSA) is 160 Å². The molecule has 0 aromatic heterocycles. The van der Waals surface area contributed by atoms with Crippen LogP contribution >= 0.6 is 0 Å². The van der Waals surface area contributed by atoms with Crippen molar-refractivity contribution in [2.24, 2.45) is 50.2 Å². The van der Waals surface area contributed by atoms with Crippen LogP contribution in [0.1, 0.15) is 106 Å². The zero-order valence-electron chi connectivity index (χ0n) is 28.4. The van der Waals surface area contributed by atoms with Crippen molar-refractivity contribution < 1.29 is 40.2 Å². The number of carbonyl (C=O) groups is 1. The number of fused-ring (bicyclic) bond motifs is 7. The van der Waals surface area contributed by atoms with Gasteiger partial charge in [0, 0.05) is 0 Å². The molecule has 5 aliphatic carbocycles. The van der Waals surface area contributed by atoms with E-state index in [0.717, 1.165) is 44.9 Å². The number of hydrogen-bond acceptors (Lipinski definition) is 8.